The van der Waals surface area contributed by atoms with Gasteiger partial charge in [0.15, 0.2) is 0 Å². The molecule has 27 heavy (non-hydrogen) atoms. The number of carbonyl (C=O) groups is 2. The molecule has 0 bridgehead atoms. The maximum absolute atomic E-state index is 13.2. The fourth-order valence-electron chi connectivity index (χ4n) is 3.82. The predicted octanol–water partition coefficient (Wildman–Crippen LogP) is 1.37. The van der Waals surface area contributed by atoms with Gasteiger partial charge >= 0.3 is 5.97 Å². The van der Waals surface area contributed by atoms with Crippen LogP contribution in [0.3, 0.4) is 0 Å². The van der Waals surface area contributed by atoms with E-state index < -0.39 is 22.0 Å². The van der Waals surface area contributed by atoms with Crippen LogP contribution in [0.15, 0.2) is 17.2 Å². The number of carbonyl (C=O) groups excluding carboxylic acids is 2. The van der Waals surface area contributed by atoms with Crippen molar-refractivity contribution >= 4 is 21.9 Å². The second-order valence-electron chi connectivity index (χ2n) is 7.05. The highest BCUT2D eigenvalue weighted by atomic mass is 32.2. The van der Waals surface area contributed by atoms with Crippen LogP contribution in [0.2, 0.25) is 0 Å². The van der Waals surface area contributed by atoms with E-state index in [2.05, 4.69) is 0 Å². The fourth-order valence-corrected chi connectivity index (χ4v) is 5.54. The van der Waals surface area contributed by atoms with Crippen molar-refractivity contribution in [2.45, 2.75) is 50.0 Å². The van der Waals surface area contributed by atoms with E-state index >= 15 is 0 Å². The van der Waals surface area contributed by atoms with Gasteiger partial charge in [-0.2, -0.15) is 4.31 Å². The minimum Gasteiger partial charge on any atom is -0.461 e. The van der Waals surface area contributed by atoms with E-state index in [4.69, 9.17) is 4.74 Å². The molecule has 1 aromatic rings. The minimum absolute atomic E-state index is 0.0198. The van der Waals surface area contributed by atoms with Gasteiger partial charge in [-0.15, -0.1) is 0 Å². The van der Waals surface area contributed by atoms with E-state index in [-0.39, 0.29) is 23.1 Å². The summed E-state index contributed by atoms with van der Waals surface area (Å²) in [4.78, 5) is 26.7. The molecule has 0 aliphatic carbocycles. The lowest BCUT2D eigenvalue weighted by molar-refractivity contribution is -0.135. The van der Waals surface area contributed by atoms with Gasteiger partial charge in [0.1, 0.15) is 16.6 Å². The van der Waals surface area contributed by atoms with Crippen LogP contribution in [-0.4, -0.2) is 66.3 Å². The summed E-state index contributed by atoms with van der Waals surface area (Å²) >= 11 is 0. The van der Waals surface area contributed by atoms with E-state index in [1.54, 1.807) is 18.9 Å². The third-order valence-corrected chi connectivity index (χ3v) is 7.10. The molecule has 150 valence electrons. The summed E-state index contributed by atoms with van der Waals surface area (Å²) in [5.41, 5.74) is 0.175. The molecule has 1 aromatic heterocycles. The van der Waals surface area contributed by atoms with Crippen molar-refractivity contribution in [1.29, 1.82) is 0 Å². The molecule has 9 heteroatoms. The summed E-state index contributed by atoms with van der Waals surface area (Å²) in [5.74, 6) is -0.666. The van der Waals surface area contributed by atoms with Crippen LogP contribution in [0.4, 0.5) is 0 Å². The number of amides is 1. The second kappa shape index (κ2) is 8.02. The van der Waals surface area contributed by atoms with Crippen molar-refractivity contribution < 1.29 is 22.7 Å². The molecule has 3 rings (SSSR count). The SMILES string of the molecule is CCOC(=O)c1cc(S(=O)(=O)N2CCC[C@@H]2C(=O)N2CCCCC2)cn1C. The number of hydrogen-bond acceptors (Lipinski definition) is 5. The Morgan fingerprint density at radius 1 is 1.15 bits per heavy atom. The highest BCUT2D eigenvalue weighted by molar-refractivity contribution is 7.89. The Labute approximate surface area is 160 Å². The summed E-state index contributed by atoms with van der Waals surface area (Å²) in [6, 6.07) is 0.674. The number of aromatic nitrogens is 1. The summed E-state index contributed by atoms with van der Waals surface area (Å²) < 4.78 is 34.1. The lowest BCUT2D eigenvalue weighted by atomic mass is 10.1. The Hall–Kier alpha value is -1.87. The third-order valence-electron chi connectivity index (χ3n) is 5.23. The normalized spacial score (nSPS) is 21.4. The zero-order chi connectivity index (χ0) is 19.6. The quantitative estimate of drug-likeness (QED) is 0.700. The number of piperidine rings is 1. The van der Waals surface area contributed by atoms with E-state index in [0.29, 0.717) is 32.5 Å². The molecule has 1 atom stereocenters. The maximum atomic E-state index is 13.2. The van der Waals surface area contributed by atoms with Crippen molar-refractivity contribution in [2.75, 3.05) is 26.2 Å². The first-order valence-electron chi connectivity index (χ1n) is 9.50. The average molecular weight is 397 g/mol. The van der Waals surface area contributed by atoms with Gasteiger partial charge in [-0.1, -0.05) is 0 Å². The van der Waals surface area contributed by atoms with Crippen LogP contribution in [0.25, 0.3) is 0 Å². The zero-order valence-electron chi connectivity index (χ0n) is 15.9. The average Bonchev–Trinajstić information content (AvgIpc) is 3.29. The molecule has 2 aliphatic rings. The molecule has 0 unspecified atom stereocenters. The molecule has 1 amide bonds. The fraction of sp³-hybridized carbons (Fsp3) is 0.667. The van der Waals surface area contributed by atoms with Gasteiger partial charge in [-0.05, 0) is 45.1 Å². The number of ether oxygens (including phenoxy) is 1. The van der Waals surface area contributed by atoms with Crippen LogP contribution >= 0.6 is 0 Å². The van der Waals surface area contributed by atoms with Gasteiger partial charge in [0, 0.05) is 32.9 Å². The highest BCUT2D eigenvalue weighted by Crippen LogP contribution is 2.29. The third kappa shape index (κ3) is 3.89. The summed E-state index contributed by atoms with van der Waals surface area (Å²) in [6.45, 7) is 3.61. The second-order valence-corrected chi connectivity index (χ2v) is 8.94. The Bertz CT molecular complexity index is 811. The molecule has 2 aliphatic heterocycles. The number of hydrogen-bond donors (Lipinski definition) is 0. The number of likely N-dealkylation sites (tertiary alicyclic amines) is 1. The molecule has 0 aromatic carbocycles. The maximum Gasteiger partial charge on any atom is 0.354 e. The first-order valence-corrected chi connectivity index (χ1v) is 10.9. The molecule has 2 saturated heterocycles. The van der Waals surface area contributed by atoms with Crippen molar-refractivity contribution in [2.24, 2.45) is 7.05 Å². The van der Waals surface area contributed by atoms with E-state index in [0.717, 1.165) is 19.3 Å². The standard InChI is InChI=1S/C18H27N3O5S/c1-3-26-18(23)16-12-14(13-19(16)2)27(24,25)21-11-7-8-15(21)17(22)20-9-5-4-6-10-20/h12-13,15H,3-11H2,1-2H3/t15-/m1/s1. The van der Waals surface area contributed by atoms with Crippen LogP contribution in [0.5, 0.6) is 0 Å². The van der Waals surface area contributed by atoms with Crippen LogP contribution in [0, 0.1) is 0 Å². The first kappa shape index (κ1) is 19.9. The largest absolute Gasteiger partial charge is 0.461 e. The molecule has 0 N–H and O–H groups in total. The minimum atomic E-state index is -3.86. The monoisotopic (exact) mass is 397 g/mol. The lowest BCUT2D eigenvalue weighted by Gasteiger charge is -2.32. The number of nitrogens with zero attached hydrogens (tertiary/aromatic N) is 3. The van der Waals surface area contributed by atoms with Crippen LogP contribution < -0.4 is 0 Å². The molecule has 0 spiro atoms. The van der Waals surface area contributed by atoms with Gasteiger partial charge in [0.05, 0.1) is 6.61 Å². The molecule has 8 nitrogen and oxygen atoms in total. The first-order chi connectivity index (χ1) is 12.9. The summed E-state index contributed by atoms with van der Waals surface area (Å²) in [7, 11) is -2.26. The van der Waals surface area contributed by atoms with Gasteiger partial charge in [0.25, 0.3) is 0 Å². The Balaban J connectivity index is 1.84. The Kier molecular flexibility index (Phi) is 5.90. The van der Waals surface area contributed by atoms with E-state index in [9.17, 15) is 18.0 Å². The van der Waals surface area contributed by atoms with Gasteiger partial charge < -0.3 is 14.2 Å². The molecule has 0 saturated carbocycles. The van der Waals surface area contributed by atoms with Gasteiger partial charge in [-0.3, -0.25) is 4.79 Å². The molecular weight excluding hydrogens is 370 g/mol. The van der Waals surface area contributed by atoms with Gasteiger partial charge in [-0.25, -0.2) is 13.2 Å². The smallest absolute Gasteiger partial charge is 0.354 e. The van der Waals surface area contributed by atoms with Crippen LogP contribution in [0.1, 0.15) is 49.5 Å². The van der Waals surface area contributed by atoms with Crippen molar-refractivity contribution in [1.82, 2.24) is 13.8 Å². The van der Waals surface area contributed by atoms with Crippen LogP contribution in [-0.2, 0) is 26.6 Å². The molecular formula is C18H27N3O5S. The van der Waals surface area contributed by atoms with Crippen molar-refractivity contribution in [3.63, 3.8) is 0 Å². The van der Waals surface area contributed by atoms with Gasteiger partial charge in [0.2, 0.25) is 15.9 Å². The van der Waals surface area contributed by atoms with E-state index in [1.165, 1.54) is 21.1 Å². The molecule has 2 fully saturated rings. The Morgan fingerprint density at radius 3 is 2.52 bits per heavy atom. The molecule has 0 radical (unpaired) electrons. The molecule has 3 heterocycles. The Morgan fingerprint density at radius 2 is 1.85 bits per heavy atom. The lowest BCUT2D eigenvalue weighted by Crippen LogP contribution is -2.49. The van der Waals surface area contributed by atoms with E-state index in [1.807, 2.05) is 0 Å². The topological polar surface area (TPSA) is 88.9 Å². The van der Waals surface area contributed by atoms with Crippen molar-refractivity contribution in [3.05, 3.63) is 18.0 Å². The highest BCUT2D eigenvalue weighted by Gasteiger charge is 2.42. The predicted molar refractivity (Wildman–Crippen MR) is 98.7 cm³/mol. The summed E-state index contributed by atoms with van der Waals surface area (Å²) in [5, 5.41) is 0. The number of aryl methyl sites for hydroxylation is 1. The number of esters is 1. The number of sulfonamides is 1. The summed E-state index contributed by atoms with van der Waals surface area (Å²) in [6.07, 6.45) is 5.63. The van der Waals surface area contributed by atoms with Crippen molar-refractivity contribution in [3.8, 4) is 0 Å². The zero-order valence-corrected chi connectivity index (χ0v) is 16.7. The number of rotatable bonds is 5.